The molecule has 1 aromatic heterocycles. The molecule has 2 aromatic rings. The topological polar surface area (TPSA) is 98.2 Å². The van der Waals surface area contributed by atoms with E-state index in [9.17, 15) is 9.59 Å². The van der Waals surface area contributed by atoms with Crippen LogP contribution in [0.2, 0.25) is 5.02 Å². The fraction of sp³-hybridized carbons (Fsp3) is 0.0833. The molecule has 0 aliphatic carbocycles. The lowest BCUT2D eigenvalue weighted by molar-refractivity contribution is 0.0692. The standard InChI is InChI=1S/C12H10ClN3O3/c1-6-2-7(13)4-8(3-6)16-10(11(14)17)9(5-15-16)12(18)19/h2-5H,1H3,(H2,14,17)(H,18,19). The Morgan fingerprint density at radius 3 is 2.58 bits per heavy atom. The van der Waals surface area contributed by atoms with Crippen LogP contribution in [0.25, 0.3) is 5.69 Å². The lowest BCUT2D eigenvalue weighted by Crippen LogP contribution is -2.20. The van der Waals surface area contributed by atoms with Crippen LogP contribution < -0.4 is 5.73 Å². The summed E-state index contributed by atoms with van der Waals surface area (Å²) in [5.41, 5.74) is 6.11. The van der Waals surface area contributed by atoms with Crippen molar-refractivity contribution in [2.45, 2.75) is 6.92 Å². The molecule has 0 atom stereocenters. The van der Waals surface area contributed by atoms with Crippen LogP contribution in [-0.4, -0.2) is 26.8 Å². The highest BCUT2D eigenvalue weighted by Gasteiger charge is 2.22. The number of carboxylic acid groups (broad SMARTS) is 1. The van der Waals surface area contributed by atoms with Crippen LogP contribution in [-0.2, 0) is 0 Å². The number of hydrogen-bond acceptors (Lipinski definition) is 3. The number of hydrogen-bond donors (Lipinski definition) is 2. The summed E-state index contributed by atoms with van der Waals surface area (Å²) in [6.45, 7) is 1.82. The van der Waals surface area contributed by atoms with E-state index in [4.69, 9.17) is 22.4 Å². The minimum Gasteiger partial charge on any atom is -0.478 e. The SMILES string of the molecule is Cc1cc(Cl)cc(-n2ncc(C(=O)O)c2C(N)=O)c1. The number of aromatic nitrogens is 2. The summed E-state index contributed by atoms with van der Waals surface area (Å²) in [6, 6.07) is 5.02. The number of primary amides is 1. The van der Waals surface area contributed by atoms with Gasteiger partial charge in [-0.05, 0) is 30.7 Å². The molecule has 0 bridgehead atoms. The summed E-state index contributed by atoms with van der Waals surface area (Å²) < 4.78 is 1.17. The summed E-state index contributed by atoms with van der Waals surface area (Å²) in [5, 5.41) is 13.3. The highest BCUT2D eigenvalue weighted by molar-refractivity contribution is 6.30. The molecule has 3 N–H and O–H groups in total. The highest BCUT2D eigenvalue weighted by atomic mass is 35.5. The minimum atomic E-state index is -1.26. The van der Waals surface area contributed by atoms with Crippen LogP contribution in [0.3, 0.4) is 0 Å². The van der Waals surface area contributed by atoms with Crippen LogP contribution in [0.1, 0.15) is 26.4 Å². The number of aryl methyl sites for hydroxylation is 1. The molecule has 0 aliphatic rings. The van der Waals surface area contributed by atoms with Crippen molar-refractivity contribution in [3.63, 3.8) is 0 Å². The molecule has 19 heavy (non-hydrogen) atoms. The van der Waals surface area contributed by atoms with Gasteiger partial charge in [0.25, 0.3) is 5.91 Å². The van der Waals surface area contributed by atoms with Gasteiger partial charge in [0.2, 0.25) is 0 Å². The van der Waals surface area contributed by atoms with E-state index in [0.717, 1.165) is 11.8 Å². The first-order chi connectivity index (χ1) is 8.90. The molecule has 2 rings (SSSR count). The van der Waals surface area contributed by atoms with Crippen molar-refractivity contribution in [2.75, 3.05) is 0 Å². The zero-order valence-corrected chi connectivity index (χ0v) is 10.7. The van der Waals surface area contributed by atoms with Crippen molar-refractivity contribution in [3.05, 3.63) is 46.2 Å². The summed E-state index contributed by atoms with van der Waals surface area (Å²) in [6.07, 6.45) is 1.08. The zero-order chi connectivity index (χ0) is 14.2. The predicted octanol–water partition coefficient (Wildman–Crippen LogP) is 1.63. The van der Waals surface area contributed by atoms with Crippen molar-refractivity contribution in [1.82, 2.24) is 9.78 Å². The van der Waals surface area contributed by atoms with Crippen molar-refractivity contribution < 1.29 is 14.7 Å². The third-order valence-electron chi connectivity index (χ3n) is 2.50. The largest absolute Gasteiger partial charge is 0.478 e. The molecule has 0 fully saturated rings. The Balaban J connectivity index is 2.69. The molecule has 1 aromatic carbocycles. The van der Waals surface area contributed by atoms with Gasteiger partial charge in [-0.25, -0.2) is 9.48 Å². The number of aromatic carboxylic acids is 1. The van der Waals surface area contributed by atoms with E-state index in [1.165, 1.54) is 4.68 Å². The van der Waals surface area contributed by atoms with E-state index in [-0.39, 0.29) is 11.3 Å². The number of rotatable bonds is 3. The monoisotopic (exact) mass is 279 g/mol. The second-order valence-corrected chi connectivity index (χ2v) is 4.41. The van der Waals surface area contributed by atoms with Gasteiger partial charge in [-0.1, -0.05) is 11.6 Å². The Morgan fingerprint density at radius 2 is 2.05 bits per heavy atom. The number of carbonyl (C=O) groups is 2. The van der Waals surface area contributed by atoms with Crippen LogP contribution in [0.15, 0.2) is 24.4 Å². The van der Waals surface area contributed by atoms with Crippen molar-refractivity contribution >= 4 is 23.5 Å². The molecule has 0 spiro atoms. The quantitative estimate of drug-likeness (QED) is 0.892. The van der Waals surface area contributed by atoms with Gasteiger partial charge in [-0.2, -0.15) is 5.10 Å². The van der Waals surface area contributed by atoms with Crippen LogP contribution in [0.5, 0.6) is 0 Å². The van der Waals surface area contributed by atoms with Gasteiger partial charge >= 0.3 is 5.97 Å². The molecule has 6 nitrogen and oxygen atoms in total. The highest BCUT2D eigenvalue weighted by Crippen LogP contribution is 2.20. The fourth-order valence-electron chi connectivity index (χ4n) is 1.78. The van der Waals surface area contributed by atoms with E-state index < -0.39 is 11.9 Å². The van der Waals surface area contributed by atoms with Gasteiger partial charge in [-0.15, -0.1) is 0 Å². The number of halogens is 1. The summed E-state index contributed by atoms with van der Waals surface area (Å²) in [5.74, 6) is -2.13. The Morgan fingerprint density at radius 1 is 1.37 bits per heavy atom. The van der Waals surface area contributed by atoms with Crippen molar-refractivity contribution in [3.8, 4) is 5.69 Å². The first-order valence-corrected chi connectivity index (χ1v) is 5.66. The Bertz CT molecular complexity index is 659. The molecule has 0 radical (unpaired) electrons. The summed E-state index contributed by atoms with van der Waals surface area (Å²) >= 11 is 5.93. The normalized spacial score (nSPS) is 10.4. The van der Waals surface area contributed by atoms with Crippen molar-refractivity contribution in [1.29, 1.82) is 0 Å². The molecule has 0 aliphatic heterocycles. The molecular formula is C12H10ClN3O3. The number of carbonyl (C=O) groups excluding carboxylic acids is 1. The molecule has 7 heteroatoms. The molecule has 0 saturated carbocycles. The lowest BCUT2D eigenvalue weighted by atomic mass is 10.2. The average Bonchev–Trinajstić information content (AvgIpc) is 2.71. The third kappa shape index (κ3) is 2.43. The van der Waals surface area contributed by atoms with Gasteiger partial charge in [0, 0.05) is 5.02 Å². The first kappa shape index (κ1) is 13.1. The Labute approximate surface area is 113 Å². The first-order valence-electron chi connectivity index (χ1n) is 5.29. The number of carboxylic acids is 1. The lowest BCUT2D eigenvalue weighted by Gasteiger charge is -2.07. The average molecular weight is 280 g/mol. The fourth-order valence-corrected chi connectivity index (χ4v) is 2.06. The van der Waals surface area contributed by atoms with Gasteiger partial charge in [0.15, 0.2) is 0 Å². The number of benzene rings is 1. The summed E-state index contributed by atoms with van der Waals surface area (Å²) in [4.78, 5) is 22.4. The number of nitrogens with zero attached hydrogens (tertiary/aromatic N) is 2. The van der Waals surface area contributed by atoms with Crippen LogP contribution in [0, 0.1) is 6.92 Å². The third-order valence-corrected chi connectivity index (χ3v) is 2.72. The van der Waals surface area contributed by atoms with Gasteiger partial charge in [0.05, 0.1) is 11.9 Å². The minimum absolute atomic E-state index is 0.186. The molecule has 1 heterocycles. The zero-order valence-electron chi connectivity index (χ0n) is 9.92. The molecular weight excluding hydrogens is 270 g/mol. The Kier molecular flexibility index (Phi) is 3.26. The van der Waals surface area contributed by atoms with E-state index in [1.54, 1.807) is 18.2 Å². The molecule has 1 amide bonds. The van der Waals surface area contributed by atoms with Crippen LogP contribution in [0.4, 0.5) is 0 Å². The maximum Gasteiger partial charge on any atom is 0.339 e. The maximum atomic E-state index is 11.4. The van der Waals surface area contributed by atoms with E-state index in [0.29, 0.717) is 10.7 Å². The second kappa shape index (κ2) is 4.74. The predicted molar refractivity (Wildman–Crippen MR) is 68.8 cm³/mol. The Hall–Kier alpha value is -2.34. The van der Waals surface area contributed by atoms with Gasteiger partial charge < -0.3 is 10.8 Å². The van der Waals surface area contributed by atoms with E-state index in [1.807, 2.05) is 6.92 Å². The summed E-state index contributed by atoms with van der Waals surface area (Å²) in [7, 11) is 0. The number of amides is 1. The van der Waals surface area contributed by atoms with Gasteiger partial charge in [-0.3, -0.25) is 4.79 Å². The molecule has 0 unspecified atom stereocenters. The van der Waals surface area contributed by atoms with E-state index in [2.05, 4.69) is 5.10 Å². The van der Waals surface area contributed by atoms with E-state index >= 15 is 0 Å². The van der Waals surface area contributed by atoms with Crippen molar-refractivity contribution in [2.24, 2.45) is 5.73 Å². The van der Waals surface area contributed by atoms with Gasteiger partial charge in [0.1, 0.15) is 11.3 Å². The van der Waals surface area contributed by atoms with Crippen LogP contribution >= 0.6 is 11.6 Å². The smallest absolute Gasteiger partial charge is 0.339 e. The number of nitrogens with two attached hydrogens (primary N) is 1. The molecule has 0 saturated heterocycles. The second-order valence-electron chi connectivity index (χ2n) is 3.97. The molecule has 98 valence electrons. The maximum absolute atomic E-state index is 11.4.